The average molecular weight is 424 g/mol. The summed E-state index contributed by atoms with van der Waals surface area (Å²) in [4.78, 5) is 0. The van der Waals surface area contributed by atoms with Crippen LogP contribution >= 0.6 is 0 Å². The molecule has 0 saturated heterocycles. The summed E-state index contributed by atoms with van der Waals surface area (Å²) in [6.45, 7) is 2.18. The fourth-order valence-corrected chi connectivity index (χ4v) is 3.78. The third kappa shape index (κ3) is 4.62. The molecule has 0 amide bonds. The van der Waals surface area contributed by atoms with Crippen LogP contribution in [-0.4, -0.2) is 14.2 Å². The molecule has 0 unspecified atom stereocenters. The van der Waals surface area contributed by atoms with Gasteiger partial charge in [-0.2, -0.15) is 0 Å². The summed E-state index contributed by atoms with van der Waals surface area (Å²) in [5, 5.41) is 0. The standard InChI is InChI=1S/C29H27O3/c1-4-8-22-15-20-27(21-11-16-24(30-2)17-12-21)29(32-26-9-6-5-7-10-26)28(22)23-13-18-25(31-3)19-14-23/h5-7,9-14,16-20H,4,8H2,1-3H3. The third-order valence-corrected chi connectivity index (χ3v) is 5.41. The first kappa shape index (κ1) is 21.5. The number of hydrogen-bond acceptors (Lipinski definition) is 3. The minimum absolute atomic E-state index is 0.797. The Morgan fingerprint density at radius 3 is 1.84 bits per heavy atom. The number of methoxy groups -OCH3 is 2. The normalized spacial score (nSPS) is 10.6. The van der Waals surface area contributed by atoms with Gasteiger partial charge in [-0.25, -0.2) is 0 Å². The monoisotopic (exact) mass is 423 g/mol. The van der Waals surface area contributed by atoms with Crippen LogP contribution in [0.5, 0.6) is 23.0 Å². The molecule has 0 aliphatic rings. The zero-order valence-electron chi connectivity index (χ0n) is 18.7. The molecular weight excluding hydrogens is 396 g/mol. The smallest absolute Gasteiger partial charge is 0.143 e. The molecule has 0 aliphatic heterocycles. The second-order valence-electron chi connectivity index (χ2n) is 7.51. The van der Waals surface area contributed by atoms with Gasteiger partial charge in [-0.05, 0) is 71.6 Å². The van der Waals surface area contributed by atoms with Crippen molar-refractivity contribution in [1.82, 2.24) is 0 Å². The summed E-state index contributed by atoms with van der Waals surface area (Å²) in [5.74, 6) is 3.27. The maximum absolute atomic E-state index is 6.57. The van der Waals surface area contributed by atoms with Gasteiger partial charge < -0.3 is 14.2 Å². The van der Waals surface area contributed by atoms with Gasteiger partial charge in [0.25, 0.3) is 0 Å². The molecule has 0 saturated carbocycles. The first-order valence-corrected chi connectivity index (χ1v) is 10.8. The molecule has 0 atom stereocenters. The molecule has 0 aliphatic carbocycles. The van der Waals surface area contributed by atoms with Crippen molar-refractivity contribution in [2.75, 3.05) is 14.2 Å². The maximum atomic E-state index is 6.57. The van der Waals surface area contributed by atoms with Crippen LogP contribution in [0.15, 0.2) is 84.9 Å². The number of hydrogen-bond donors (Lipinski definition) is 0. The maximum Gasteiger partial charge on any atom is 0.143 e. The van der Waals surface area contributed by atoms with Gasteiger partial charge in [0.2, 0.25) is 0 Å². The quantitative estimate of drug-likeness (QED) is 0.292. The molecule has 32 heavy (non-hydrogen) atoms. The molecule has 4 rings (SSSR count). The highest BCUT2D eigenvalue weighted by Crippen LogP contribution is 2.44. The molecule has 0 N–H and O–H groups in total. The van der Waals surface area contributed by atoms with Crippen LogP contribution < -0.4 is 14.2 Å². The highest BCUT2D eigenvalue weighted by molar-refractivity contribution is 5.85. The number of para-hydroxylation sites is 1. The van der Waals surface area contributed by atoms with Gasteiger partial charge in [-0.1, -0.05) is 55.8 Å². The topological polar surface area (TPSA) is 27.7 Å². The Bertz CT molecular complexity index is 1150. The van der Waals surface area contributed by atoms with E-state index in [2.05, 4.69) is 37.3 Å². The van der Waals surface area contributed by atoms with E-state index >= 15 is 0 Å². The zero-order chi connectivity index (χ0) is 22.3. The summed E-state index contributed by atoms with van der Waals surface area (Å²) in [6.07, 6.45) is 1.93. The van der Waals surface area contributed by atoms with E-state index in [1.807, 2.05) is 60.7 Å². The Labute approximate surface area is 190 Å². The second kappa shape index (κ2) is 10.1. The lowest BCUT2D eigenvalue weighted by molar-refractivity contribution is 0.415. The van der Waals surface area contributed by atoms with Crippen molar-refractivity contribution >= 4 is 0 Å². The minimum Gasteiger partial charge on any atom is -0.497 e. The predicted molar refractivity (Wildman–Crippen MR) is 130 cm³/mol. The molecule has 4 aromatic carbocycles. The van der Waals surface area contributed by atoms with E-state index in [-0.39, 0.29) is 0 Å². The number of ether oxygens (including phenoxy) is 3. The first-order chi connectivity index (χ1) is 15.7. The lowest BCUT2D eigenvalue weighted by Gasteiger charge is -2.20. The summed E-state index contributed by atoms with van der Waals surface area (Å²) >= 11 is 0. The van der Waals surface area contributed by atoms with Crippen molar-refractivity contribution in [3.8, 4) is 45.3 Å². The van der Waals surface area contributed by atoms with E-state index < -0.39 is 0 Å². The van der Waals surface area contributed by atoms with E-state index in [0.29, 0.717) is 0 Å². The summed E-state index contributed by atoms with van der Waals surface area (Å²) in [6, 6.07) is 31.7. The van der Waals surface area contributed by atoms with Crippen LogP contribution in [0.2, 0.25) is 0 Å². The van der Waals surface area contributed by atoms with Crippen LogP contribution in [0, 0.1) is 6.07 Å². The Balaban J connectivity index is 1.94. The van der Waals surface area contributed by atoms with Crippen molar-refractivity contribution in [3.05, 3.63) is 96.6 Å². The van der Waals surface area contributed by atoms with E-state index in [0.717, 1.165) is 63.7 Å². The van der Waals surface area contributed by atoms with Gasteiger partial charge in [0.05, 0.1) is 14.2 Å². The highest BCUT2D eigenvalue weighted by atomic mass is 16.5. The molecule has 161 valence electrons. The predicted octanol–water partition coefficient (Wildman–Crippen LogP) is 7.58. The third-order valence-electron chi connectivity index (χ3n) is 5.41. The van der Waals surface area contributed by atoms with Crippen LogP contribution in [0.3, 0.4) is 0 Å². The lowest BCUT2D eigenvalue weighted by Crippen LogP contribution is -1.98. The van der Waals surface area contributed by atoms with Gasteiger partial charge in [-0.15, -0.1) is 0 Å². The van der Waals surface area contributed by atoms with Crippen molar-refractivity contribution in [1.29, 1.82) is 0 Å². The van der Waals surface area contributed by atoms with Crippen LogP contribution in [0.25, 0.3) is 22.3 Å². The fourth-order valence-electron chi connectivity index (χ4n) is 3.78. The van der Waals surface area contributed by atoms with E-state index in [1.165, 1.54) is 0 Å². The van der Waals surface area contributed by atoms with Crippen molar-refractivity contribution in [2.24, 2.45) is 0 Å². The molecule has 4 aromatic rings. The number of aryl methyl sites for hydroxylation is 1. The van der Waals surface area contributed by atoms with Crippen molar-refractivity contribution in [3.63, 3.8) is 0 Å². The number of benzene rings is 4. The SMILES string of the molecule is CCCc1[c]cc(-c2ccc(OC)cc2)c(Oc2ccccc2)c1-c1ccc(OC)cc1. The van der Waals surface area contributed by atoms with Crippen molar-refractivity contribution in [2.45, 2.75) is 19.8 Å². The molecule has 0 aromatic heterocycles. The first-order valence-electron chi connectivity index (χ1n) is 10.8. The van der Waals surface area contributed by atoms with Crippen LogP contribution in [0.4, 0.5) is 0 Å². The van der Waals surface area contributed by atoms with Gasteiger partial charge in [0.1, 0.15) is 23.0 Å². The highest BCUT2D eigenvalue weighted by Gasteiger charge is 2.19. The fraction of sp³-hybridized carbons (Fsp3) is 0.172. The molecule has 3 heteroatoms. The van der Waals surface area contributed by atoms with Gasteiger partial charge >= 0.3 is 0 Å². The summed E-state index contributed by atoms with van der Waals surface area (Å²) in [5.41, 5.74) is 5.31. The van der Waals surface area contributed by atoms with E-state index in [1.54, 1.807) is 14.2 Å². The Kier molecular flexibility index (Phi) is 6.76. The van der Waals surface area contributed by atoms with Crippen molar-refractivity contribution < 1.29 is 14.2 Å². The summed E-state index contributed by atoms with van der Waals surface area (Å²) < 4.78 is 17.3. The van der Waals surface area contributed by atoms with E-state index in [9.17, 15) is 0 Å². The van der Waals surface area contributed by atoms with Gasteiger partial charge in [0.15, 0.2) is 0 Å². The van der Waals surface area contributed by atoms with Crippen LogP contribution in [-0.2, 0) is 6.42 Å². The largest absolute Gasteiger partial charge is 0.497 e. The van der Waals surface area contributed by atoms with E-state index in [4.69, 9.17) is 14.2 Å². The number of rotatable bonds is 8. The molecule has 0 fully saturated rings. The molecule has 3 nitrogen and oxygen atoms in total. The van der Waals surface area contributed by atoms with Crippen LogP contribution in [0.1, 0.15) is 18.9 Å². The van der Waals surface area contributed by atoms with Gasteiger partial charge in [0, 0.05) is 11.1 Å². The molecular formula is C29H27O3. The average Bonchev–Trinajstić information content (AvgIpc) is 2.85. The van der Waals surface area contributed by atoms with Gasteiger partial charge in [-0.3, -0.25) is 0 Å². The summed E-state index contributed by atoms with van der Waals surface area (Å²) in [7, 11) is 3.35. The second-order valence-corrected chi connectivity index (χ2v) is 7.51. The molecule has 0 bridgehead atoms. The zero-order valence-corrected chi connectivity index (χ0v) is 18.7. The lowest BCUT2D eigenvalue weighted by atomic mass is 9.91. The molecule has 0 heterocycles. The Morgan fingerprint density at radius 1 is 0.688 bits per heavy atom. The molecule has 0 spiro atoms. The minimum atomic E-state index is 0.797. The Hall–Kier alpha value is -3.72. The Morgan fingerprint density at radius 2 is 1.28 bits per heavy atom. The molecule has 1 radical (unpaired) electrons.